The number of alkyl halides is 1. The smallest absolute Gasteiger partial charge is 0.387 e. The molecule has 1 aromatic heterocycles. The van der Waals surface area contributed by atoms with Crippen LogP contribution < -0.4 is 11.4 Å². The van der Waals surface area contributed by atoms with E-state index in [9.17, 15) is 32.9 Å². The number of anilines is 1. The number of hydrogen-bond acceptors (Lipinski definition) is 12. The summed E-state index contributed by atoms with van der Waals surface area (Å²) >= 11 is 0. The van der Waals surface area contributed by atoms with Gasteiger partial charge in [0, 0.05) is 6.20 Å². The Kier molecular flexibility index (Phi) is 7.94. The lowest BCUT2D eigenvalue weighted by atomic mass is 9.97. The van der Waals surface area contributed by atoms with Crippen LogP contribution in [0.2, 0.25) is 0 Å². The second-order valence-corrected chi connectivity index (χ2v) is 10.7. The standard InChI is InChI=1S/C11H18FN4O13P3/c1-14-4-11(5-26-31(22,23)29-32(24,25)28-30(19,20)21)8(17)7(12)9(27-11)16-3-2-6(13)15-10(16)18/h2-3,7-9,17H,1,4-5H2,(H,22,23)(H,24,25)(H2,13,15,18)(H2,19,20,21)/t7-,8+,9-,11-/m1/s1. The lowest BCUT2D eigenvalue weighted by Gasteiger charge is -2.30. The first-order valence-electron chi connectivity index (χ1n) is 8.06. The number of aliphatic imine (C=N–C) groups is 1. The van der Waals surface area contributed by atoms with Gasteiger partial charge in [-0.15, -0.1) is 0 Å². The van der Waals surface area contributed by atoms with Gasteiger partial charge < -0.3 is 35.2 Å². The number of aromatic nitrogens is 2. The SMILES string of the molecule is C=NC[C@]1(COP(=O)(O)OP(=O)(O)OP(=O)(O)O)O[C@@H](n2ccc(N)nc2=O)[C@H](F)[C@@H]1O. The number of nitrogens with zero attached hydrogens (tertiary/aromatic N) is 3. The molecule has 0 saturated carbocycles. The van der Waals surface area contributed by atoms with Crippen LogP contribution in [0.15, 0.2) is 22.1 Å². The third-order valence-electron chi connectivity index (χ3n) is 3.86. The Balaban J connectivity index is 2.25. The molecule has 21 heteroatoms. The third kappa shape index (κ3) is 6.57. The Bertz CT molecular complexity index is 1060. The molecule has 1 fully saturated rings. The van der Waals surface area contributed by atoms with Crippen molar-refractivity contribution in [3.05, 3.63) is 22.7 Å². The van der Waals surface area contributed by atoms with Gasteiger partial charge in [0.05, 0.1) is 13.2 Å². The van der Waals surface area contributed by atoms with Crippen LogP contribution in [0.1, 0.15) is 6.23 Å². The van der Waals surface area contributed by atoms with E-state index in [0.717, 1.165) is 12.3 Å². The van der Waals surface area contributed by atoms with Crippen LogP contribution in [0.3, 0.4) is 0 Å². The largest absolute Gasteiger partial charge is 0.490 e. The number of halogens is 1. The molecule has 6 atom stereocenters. The van der Waals surface area contributed by atoms with Gasteiger partial charge in [0.15, 0.2) is 12.4 Å². The molecular weight excluding hydrogens is 508 g/mol. The highest BCUT2D eigenvalue weighted by atomic mass is 31.3. The number of nitrogens with two attached hydrogens (primary N) is 1. The van der Waals surface area contributed by atoms with E-state index in [1.165, 1.54) is 0 Å². The van der Waals surface area contributed by atoms with E-state index in [1.54, 1.807) is 0 Å². The van der Waals surface area contributed by atoms with Gasteiger partial charge in [-0.05, 0) is 12.8 Å². The molecule has 0 aliphatic carbocycles. The van der Waals surface area contributed by atoms with Gasteiger partial charge in [-0.25, -0.2) is 22.9 Å². The summed E-state index contributed by atoms with van der Waals surface area (Å²) in [4.78, 5) is 54.5. The molecule has 1 aliphatic heterocycles. The van der Waals surface area contributed by atoms with Crippen LogP contribution in [0.5, 0.6) is 0 Å². The Hall–Kier alpha value is -1.39. The fraction of sp³-hybridized carbons (Fsp3) is 0.545. The van der Waals surface area contributed by atoms with Crippen LogP contribution in [-0.2, 0) is 31.6 Å². The Morgan fingerprint density at radius 3 is 2.44 bits per heavy atom. The van der Waals surface area contributed by atoms with Crippen molar-refractivity contribution in [2.24, 2.45) is 4.99 Å². The topological polar surface area (TPSA) is 263 Å². The van der Waals surface area contributed by atoms with Crippen molar-refractivity contribution in [2.45, 2.75) is 24.1 Å². The van der Waals surface area contributed by atoms with Crippen molar-refractivity contribution in [1.82, 2.24) is 9.55 Å². The van der Waals surface area contributed by atoms with E-state index < -0.39 is 66.4 Å². The van der Waals surface area contributed by atoms with Crippen molar-refractivity contribution in [3.63, 3.8) is 0 Å². The van der Waals surface area contributed by atoms with Gasteiger partial charge >= 0.3 is 29.2 Å². The van der Waals surface area contributed by atoms with E-state index in [1.807, 2.05) is 0 Å². The maximum absolute atomic E-state index is 14.8. The van der Waals surface area contributed by atoms with Gasteiger partial charge in [-0.2, -0.15) is 13.6 Å². The molecule has 0 aromatic carbocycles. The van der Waals surface area contributed by atoms with Crippen molar-refractivity contribution in [3.8, 4) is 0 Å². The summed E-state index contributed by atoms with van der Waals surface area (Å²) in [5.41, 5.74) is 2.03. The highest BCUT2D eigenvalue weighted by Gasteiger charge is 2.57. The number of aliphatic hydroxyl groups excluding tert-OH is 1. The summed E-state index contributed by atoms with van der Waals surface area (Å²) in [6.45, 7) is 1.23. The molecule has 0 spiro atoms. The average Bonchev–Trinajstić information content (AvgIpc) is 2.83. The molecular formula is C11H18FN4O13P3. The normalized spacial score (nSPS) is 29.9. The van der Waals surface area contributed by atoms with E-state index in [4.69, 9.17) is 25.2 Å². The second-order valence-electron chi connectivity index (χ2n) is 6.25. The highest BCUT2D eigenvalue weighted by Crippen LogP contribution is 2.66. The minimum Gasteiger partial charge on any atom is -0.387 e. The Morgan fingerprint density at radius 2 is 1.91 bits per heavy atom. The summed E-state index contributed by atoms with van der Waals surface area (Å²) in [6.07, 6.45) is -5.29. The Labute approximate surface area is 177 Å². The number of rotatable bonds is 10. The predicted molar refractivity (Wildman–Crippen MR) is 101 cm³/mol. The zero-order valence-electron chi connectivity index (χ0n) is 15.6. The molecule has 2 unspecified atom stereocenters. The van der Waals surface area contributed by atoms with Crippen molar-refractivity contribution in [2.75, 3.05) is 18.9 Å². The molecule has 1 saturated heterocycles. The van der Waals surface area contributed by atoms with E-state index in [-0.39, 0.29) is 5.82 Å². The van der Waals surface area contributed by atoms with Crippen molar-refractivity contribution >= 4 is 36.0 Å². The fourth-order valence-electron chi connectivity index (χ4n) is 2.63. The monoisotopic (exact) mass is 526 g/mol. The minimum atomic E-state index is -5.81. The fourth-order valence-corrected chi connectivity index (χ4v) is 5.71. The summed E-state index contributed by atoms with van der Waals surface area (Å²) in [5.74, 6) is -0.188. The molecule has 32 heavy (non-hydrogen) atoms. The number of ether oxygens (including phenoxy) is 1. The molecule has 2 rings (SSSR count). The highest BCUT2D eigenvalue weighted by molar-refractivity contribution is 7.66. The maximum atomic E-state index is 14.8. The predicted octanol–water partition coefficient (Wildman–Crippen LogP) is -1.16. The molecule has 0 radical (unpaired) electrons. The molecule has 7 N–H and O–H groups in total. The van der Waals surface area contributed by atoms with E-state index in [2.05, 4.69) is 29.8 Å². The summed E-state index contributed by atoms with van der Waals surface area (Å²) in [5, 5.41) is 10.3. The van der Waals surface area contributed by atoms with E-state index >= 15 is 0 Å². The van der Waals surface area contributed by atoms with Crippen LogP contribution >= 0.6 is 23.5 Å². The zero-order valence-corrected chi connectivity index (χ0v) is 18.3. The Morgan fingerprint density at radius 1 is 1.28 bits per heavy atom. The van der Waals surface area contributed by atoms with Crippen molar-refractivity contribution < 1.29 is 60.6 Å². The van der Waals surface area contributed by atoms with Crippen LogP contribution in [-0.4, -0.2) is 72.0 Å². The van der Waals surface area contributed by atoms with Gasteiger partial charge in [0.1, 0.15) is 17.5 Å². The van der Waals surface area contributed by atoms with Gasteiger partial charge in [0.2, 0.25) is 0 Å². The average molecular weight is 526 g/mol. The van der Waals surface area contributed by atoms with Gasteiger partial charge in [0.25, 0.3) is 0 Å². The third-order valence-corrected chi connectivity index (χ3v) is 7.64. The zero-order chi connectivity index (χ0) is 24.5. The van der Waals surface area contributed by atoms with Crippen LogP contribution in [0.25, 0.3) is 0 Å². The lowest BCUT2D eigenvalue weighted by Crippen LogP contribution is -2.48. The second kappa shape index (κ2) is 9.46. The first-order chi connectivity index (χ1) is 14.5. The summed E-state index contributed by atoms with van der Waals surface area (Å²) in [7, 11) is -17.1. The number of hydrogen-bond donors (Lipinski definition) is 6. The number of phosphoric ester groups is 1. The molecule has 17 nitrogen and oxygen atoms in total. The lowest BCUT2D eigenvalue weighted by molar-refractivity contribution is -0.120. The van der Waals surface area contributed by atoms with Crippen LogP contribution in [0, 0.1) is 0 Å². The molecule has 1 aromatic rings. The van der Waals surface area contributed by atoms with Gasteiger partial charge in [-0.1, -0.05) is 0 Å². The summed E-state index contributed by atoms with van der Waals surface area (Å²) in [6, 6.07) is 1.13. The maximum Gasteiger partial charge on any atom is 0.490 e. The molecule has 2 heterocycles. The molecule has 1 aliphatic rings. The van der Waals surface area contributed by atoms with Gasteiger partial charge in [-0.3, -0.25) is 14.1 Å². The first-order valence-corrected chi connectivity index (χ1v) is 12.6. The number of phosphoric acid groups is 3. The molecule has 0 amide bonds. The quantitative estimate of drug-likeness (QED) is 0.155. The summed E-state index contributed by atoms with van der Waals surface area (Å²) < 4.78 is 66.3. The van der Waals surface area contributed by atoms with E-state index in [0.29, 0.717) is 4.57 Å². The van der Waals surface area contributed by atoms with Crippen LogP contribution in [0.4, 0.5) is 10.2 Å². The van der Waals surface area contributed by atoms with Crippen molar-refractivity contribution in [1.29, 1.82) is 0 Å². The molecule has 182 valence electrons. The number of aliphatic hydroxyl groups is 1. The number of nitrogen functional groups attached to an aromatic ring is 1. The molecule has 0 bridgehead atoms. The minimum absolute atomic E-state index is 0.188. The first kappa shape index (κ1) is 26.9.